The van der Waals surface area contributed by atoms with Crippen LogP contribution in [-0.4, -0.2) is 20.3 Å². The number of hydrogen-bond donors (Lipinski definition) is 1. The van der Waals surface area contributed by atoms with E-state index in [9.17, 15) is 13.9 Å². The van der Waals surface area contributed by atoms with Gasteiger partial charge >= 0.3 is 0 Å². The zero-order valence-electron chi connectivity index (χ0n) is 12.3. The summed E-state index contributed by atoms with van der Waals surface area (Å²) in [6.45, 7) is 3.46. The van der Waals surface area contributed by atoms with Gasteiger partial charge in [0.15, 0.2) is 0 Å². The molecule has 3 aromatic rings. The van der Waals surface area contributed by atoms with Crippen molar-refractivity contribution in [1.29, 1.82) is 0 Å². The van der Waals surface area contributed by atoms with Gasteiger partial charge in [0.1, 0.15) is 11.5 Å². The molecular weight excluding hydrogens is 335 g/mol. The van der Waals surface area contributed by atoms with Crippen molar-refractivity contribution >= 4 is 15.0 Å². The number of pyridine rings is 1. The van der Waals surface area contributed by atoms with Gasteiger partial charge in [-0.3, -0.25) is 4.98 Å². The van der Waals surface area contributed by atoms with E-state index in [2.05, 4.69) is 21.8 Å². The summed E-state index contributed by atoms with van der Waals surface area (Å²) in [4.78, 5) is 3.70. The van der Waals surface area contributed by atoms with Crippen LogP contribution in [0.2, 0.25) is 0 Å². The second kappa shape index (κ2) is 6.09. The van der Waals surface area contributed by atoms with Gasteiger partial charge in [0.05, 0.1) is 5.56 Å². The lowest BCUT2D eigenvalue weighted by atomic mass is 10.1. The van der Waals surface area contributed by atoms with Crippen molar-refractivity contribution in [3.63, 3.8) is 0 Å². The first kappa shape index (κ1) is 16.2. The Labute approximate surface area is 138 Å². The van der Waals surface area contributed by atoms with Crippen LogP contribution >= 0.6 is 9.24 Å². The normalized spacial score (nSPS) is 11.5. The molecule has 0 bridgehead atoms. The second-order valence-corrected chi connectivity index (χ2v) is 5.72. The van der Waals surface area contributed by atoms with Gasteiger partial charge in [0.2, 0.25) is 11.8 Å². The maximum absolute atomic E-state index is 13.1. The zero-order chi connectivity index (χ0) is 17.3. The molecule has 5 nitrogen and oxygen atoms in total. The Morgan fingerprint density at radius 2 is 1.83 bits per heavy atom. The highest BCUT2D eigenvalue weighted by molar-refractivity contribution is 7.17. The molecule has 0 fully saturated rings. The predicted octanol–water partition coefficient (Wildman–Crippen LogP) is 4.25. The maximum Gasteiger partial charge on any atom is 0.300 e. The van der Waals surface area contributed by atoms with Crippen molar-refractivity contribution in [2.45, 2.75) is 5.66 Å². The van der Waals surface area contributed by atoms with Gasteiger partial charge in [-0.15, -0.1) is 10.2 Å². The van der Waals surface area contributed by atoms with Crippen molar-refractivity contribution in [2.24, 2.45) is 0 Å². The summed E-state index contributed by atoms with van der Waals surface area (Å²) in [5, 5.41) is 17.3. The van der Waals surface area contributed by atoms with E-state index in [0.717, 1.165) is 0 Å². The Morgan fingerprint density at radius 3 is 2.42 bits per heavy atom. The quantitative estimate of drug-likeness (QED) is 0.564. The molecule has 3 rings (SSSR count). The molecule has 2 aromatic heterocycles. The monoisotopic (exact) mass is 347 g/mol. The first-order chi connectivity index (χ1) is 11.3. The Bertz CT molecular complexity index is 889. The standard InChI is InChI=1S/C16H12F2N3O2P/c1-9(22)10-3-2-4-11(7-10)14-20-21-15(23-14)12-5-6-13(19-8-12)16(17,18)24/h2-8,22H,1,24H2. The van der Waals surface area contributed by atoms with Crippen LogP contribution in [0.3, 0.4) is 0 Å². The largest absolute Gasteiger partial charge is 0.508 e. The molecule has 8 heteroatoms. The molecule has 0 radical (unpaired) electrons. The van der Waals surface area contributed by atoms with Gasteiger partial charge in [-0.05, 0) is 24.3 Å². The predicted molar refractivity (Wildman–Crippen MR) is 88.2 cm³/mol. The SMILES string of the molecule is C=C(O)c1cccc(-c2nnc(-c3ccc(C(F)(F)P)nc3)o2)c1. The van der Waals surface area contributed by atoms with Crippen molar-refractivity contribution in [3.8, 4) is 22.9 Å². The summed E-state index contributed by atoms with van der Waals surface area (Å²) in [5.41, 5.74) is -1.91. The maximum atomic E-state index is 13.1. The Morgan fingerprint density at radius 1 is 1.12 bits per heavy atom. The molecule has 0 saturated heterocycles. The number of aliphatic hydroxyl groups is 1. The molecule has 0 aliphatic heterocycles. The first-order valence-electron chi connectivity index (χ1n) is 6.80. The lowest BCUT2D eigenvalue weighted by molar-refractivity contribution is 0.0987. The molecule has 24 heavy (non-hydrogen) atoms. The molecule has 122 valence electrons. The lowest BCUT2D eigenvalue weighted by Gasteiger charge is -2.08. The van der Waals surface area contributed by atoms with E-state index in [-0.39, 0.29) is 23.2 Å². The summed E-state index contributed by atoms with van der Waals surface area (Å²) in [5.74, 6) is 0.313. The van der Waals surface area contributed by atoms with E-state index in [4.69, 9.17) is 4.42 Å². The highest BCUT2D eigenvalue weighted by Gasteiger charge is 2.26. The number of aromatic nitrogens is 3. The highest BCUT2D eigenvalue weighted by Crippen LogP contribution is 2.34. The molecule has 0 amide bonds. The van der Waals surface area contributed by atoms with Crippen LogP contribution in [0, 0.1) is 0 Å². The van der Waals surface area contributed by atoms with Gasteiger partial charge in [0, 0.05) is 17.3 Å². The average molecular weight is 347 g/mol. The highest BCUT2D eigenvalue weighted by atomic mass is 31.0. The second-order valence-electron chi connectivity index (χ2n) is 4.99. The third kappa shape index (κ3) is 3.31. The summed E-state index contributed by atoms with van der Waals surface area (Å²) >= 11 is 0. The summed E-state index contributed by atoms with van der Waals surface area (Å²) in [7, 11) is 1.43. The van der Waals surface area contributed by atoms with Crippen LogP contribution in [0.25, 0.3) is 28.7 Å². The molecule has 0 aliphatic carbocycles. The van der Waals surface area contributed by atoms with E-state index >= 15 is 0 Å². The molecule has 1 unspecified atom stereocenters. The number of halogens is 2. The van der Waals surface area contributed by atoms with Gasteiger partial charge in [-0.2, -0.15) is 8.78 Å². The lowest BCUT2D eigenvalue weighted by Crippen LogP contribution is -2.04. The number of hydrogen-bond acceptors (Lipinski definition) is 5. The fourth-order valence-corrected chi connectivity index (χ4v) is 2.18. The van der Waals surface area contributed by atoms with Crippen LogP contribution in [0.5, 0.6) is 0 Å². The third-order valence-electron chi connectivity index (χ3n) is 3.22. The molecule has 2 heterocycles. The Balaban J connectivity index is 1.91. The number of benzene rings is 1. The van der Waals surface area contributed by atoms with Crippen LogP contribution in [0.4, 0.5) is 8.78 Å². The fourth-order valence-electron chi connectivity index (χ4n) is 2.01. The van der Waals surface area contributed by atoms with Crippen molar-refractivity contribution in [2.75, 3.05) is 0 Å². The van der Waals surface area contributed by atoms with E-state index in [1.54, 1.807) is 24.3 Å². The molecule has 0 spiro atoms. The van der Waals surface area contributed by atoms with E-state index in [1.165, 1.54) is 27.6 Å². The average Bonchev–Trinajstić information content (AvgIpc) is 3.04. The molecule has 0 saturated carbocycles. The van der Waals surface area contributed by atoms with E-state index in [0.29, 0.717) is 16.7 Å². The fraction of sp³-hybridized carbons (Fsp3) is 0.0625. The van der Waals surface area contributed by atoms with Crippen molar-refractivity contribution in [1.82, 2.24) is 15.2 Å². The van der Waals surface area contributed by atoms with E-state index in [1.807, 2.05) is 0 Å². The van der Waals surface area contributed by atoms with Crippen molar-refractivity contribution in [3.05, 3.63) is 60.4 Å². The minimum atomic E-state index is -3.09. The van der Waals surface area contributed by atoms with Gasteiger partial charge in [-0.25, -0.2) is 0 Å². The minimum Gasteiger partial charge on any atom is -0.508 e. The van der Waals surface area contributed by atoms with Gasteiger partial charge in [0.25, 0.3) is 5.66 Å². The third-order valence-corrected chi connectivity index (χ3v) is 3.52. The topological polar surface area (TPSA) is 72.0 Å². The minimum absolute atomic E-state index is 0.0743. The summed E-state index contributed by atoms with van der Waals surface area (Å²) in [6, 6.07) is 9.42. The van der Waals surface area contributed by atoms with Crippen LogP contribution in [0.15, 0.2) is 53.6 Å². The Kier molecular flexibility index (Phi) is 4.11. The van der Waals surface area contributed by atoms with Crippen LogP contribution < -0.4 is 0 Å². The van der Waals surface area contributed by atoms with Crippen molar-refractivity contribution < 1.29 is 18.3 Å². The number of aliphatic hydroxyl groups excluding tert-OH is 1. The number of nitrogens with zero attached hydrogens (tertiary/aromatic N) is 3. The molecular formula is C16H12F2N3O2P. The van der Waals surface area contributed by atoms with Crippen LogP contribution in [-0.2, 0) is 5.66 Å². The number of alkyl halides is 2. The summed E-state index contributed by atoms with van der Waals surface area (Å²) < 4.78 is 31.8. The molecule has 1 aromatic carbocycles. The van der Waals surface area contributed by atoms with Crippen LogP contribution in [0.1, 0.15) is 11.3 Å². The van der Waals surface area contributed by atoms with Gasteiger partial charge < -0.3 is 9.52 Å². The molecule has 1 N–H and O–H groups in total. The van der Waals surface area contributed by atoms with E-state index < -0.39 is 5.66 Å². The smallest absolute Gasteiger partial charge is 0.300 e. The number of rotatable bonds is 4. The zero-order valence-corrected chi connectivity index (χ0v) is 13.4. The molecule has 0 aliphatic rings. The summed E-state index contributed by atoms with van der Waals surface area (Å²) in [6.07, 6.45) is 1.25. The molecule has 1 atom stereocenters. The van der Waals surface area contributed by atoms with Gasteiger partial charge in [-0.1, -0.05) is 28.0 Å². The first-order valence-corrected chi connectivity index (χ1v) is 7.38. The Hall–Kier alpha value is -2.66.